The number of nitrogens with one attached hydrogen (secondary N) is 1. The Kier molecular flexibility index (Phi) is 12.7. The van der Waals surface area contributed by atoms with Crippen molar-refractivity contribution in [1.82, 2.24) is 5.32 Å². The molecular formula is C29H43NO10. The lowest BCUT2D eigenvalue weighted by molar-refractivity contribution is -0.188. The highest BCUT2D eigenvalue weighted by Crippen LogP contribution is 2.33. The van der Waals surface area contributed by atoms with Gasteiger partial charge in [0.15, 0.2) is 11.5 Å². The predicted octanol–water partition coefficient (Wildman–Crippen LogP) is 5.76. The van der Waals surface area contributed by atoms with Crippen LogP contribution in [0.1, 0.15) is 92.1 Å². The fraction of sp³-hybridized carbons (Fsp3) is 0.655. The van der Waals surface area contributed by atoms with Crippen molar-refractivity contribution < 1.29 is 48.0 Å². The minimum atomic E-state index is -2.09. The van der Waals surface area contributed by atoms with Crippen molar-refractivity contribution in [2.24, 2.45) is 5.92 Å². The van der Waals surface area contributed by atoms with E-state index < -0.39 is 42.2 Å². The van der Waals surface area contributed by atoms with E-state index in [9.17, 15) is 24.3 Å². The number of ether oxygens (including phenoxy) is 5. The molecule has 0 heterocycles. The molecule has 0 radical (unpaired) electrons. The molecule has 0 saturated heterocycles. The standard InChI is InChI=1S/C29H43NO10/c1-7-19(5)36-27(34)38-23-15-14-21(16-24(23)39-28(35)37-20(6)8-2)17-29(26(32)33,30-18(3)4)40-25(31)22-12-10-9-11-13-22/h14-16,18-20,22,30H,7-13,17H2,1-6H3,(H,32,33)/t19?,20?,29-/m0/s1. The van der Waals surface area contributed by atoms with Crippen molar-refractivity contribution >= 4 is 24.2 Å². The molecule has 1 aliphatic rings. The van der Waals surface area contributed by atoms with Gasteiger partial charge in [-0.3, -0.25) is 10.1 Å². The number of rotatable bonds is 13. The molecule has 2 rings (SSSR count). The minimum absolute atomic E-state index is 0.130. The van der Waals surface area contributed by atoms with Gasteiger partial charge >= 0.3 is 24.2 Å². The van der Waals surface area contributed by atoms with Crippen molar-refractivity contribution in [2.45, 2.75) is 117 Å². The zero-order chi connectivity index (χ0) is 29.9. The summed E-state index contributed by atoms with van der Waals surface area (Å²) in [5.41, 5.74) is -1.75. The second-order valence-electron chi connectivity index (χ2n) is 10.5. The number of esters is 1. The van der Waals surface area contributed by atoms with E-state index in [-0.39, 0.29) is 29.9 Å². The van der Waals surface area contributed by atoms with E-state index in [1.807, 2.05) is 13.8 Å². The SMILES string of the molecule is CCC(C)OC(=O)Oc1ccc(C[C@](NC(C)C)(OC(=O)C2CCCCC2)C(=O)O)cc1OC(=O)OC(C)CC. The smallest absolute Gasteiger partial charge is 0.477 e. The maximum absolute atomic E-state index is 13.0. The summed E-state index contributed by atoms with van der Waals surface area (Å²) in [6, 6.07) is 3.84. The summed E-state index contributed by atoms with van der Waals surface area (Å²) in [5, 5.41) is 13.2. The van der Waals surface area contributed by atoms with Gasteiger partial charge in [0.2, 0.25) is 0 Å². The van der Waals surface area contributed by atoms with E-state index >= 15 is 0 Å². The first-order valence-electron chi connectivity index (χ1n) is 14.0. The Morgan fingerprint density at radius 1 is 0.900 bits per heavy atom. The fourth-order valence-corrected chi connectivity index (χ4v) is 4.19. The van der Waals surface area contributed by atoms with E-state index in [0.29, 0.717) is 31.2 Å². The lowest BCUT2D eigenvalue weighted by atomic mass is 9.89. The number of carboxylic acids is 1. The molecule has 224 valence electrons. The first kappa shape index (κ1) is 32.9. The highest BCUT2D eigenvalue weighted by atomic mass is 16.7. The Morgan fingerprint density at radius 3 is 1.95 bits per heavy atom. The van der Waals surface area contributed by atoms with Gasteiger partial charge in [-0.1, -0.05) is 39.2 Å². The molecule has 0 aliphatic heterocycles. The molecule has 0 amide bonds. The zero-order valence-electron chi connectivity index (χ0n) is 24.3. The predicted molar refractivity (Wildman–Crippen MR) is 145 cm³/mol. The molecular weight excluding hydrogens is 522 g/mol. The van der Waals surface area contributed by atoms with Gasteiger partial charge < -0.3 is 28.8 Å². The molecule has 1 fully saturated rings. The summed E-state index contributed by atoms with van der Waals surface area (Å²) in [7, 11) is 0. The molecule has 1 saturated carbocycles. The molecule has 2 N–H and O–H groups in total. The third-order valence-electron chi connectivity index (χ3n) is 6.67. The average molecular weight is 566 g/mol. The van der Waals surface area contributed by atoms with E-state index in [0.717, 1.165) is 19.3 Å². The van der Waals surface area contributed by atoms with Gasteiger partial charge in [-0.2, -0.15) is 0 Å². The molecule has 1 aliphatic carbocycles. The second kappa shape index (κ2) is 15.4. The van der Waals surface area contributed by atoms with Gasteiger partial charge in [-0.15, -0.1) is 0 Å². The van der Waals surface area contributed by atoms with Gasteiger partial charge in [0, 0.05) is 12.5 Å². The van der Waals surface area contributed by atoms with Crippen LogP contribution in [0.4, 0.5) is 9.59 Å². The number of carbonyl (C=O) groups excluding carboxylic acids is 3. The summed E-state index contributed by atoms with van der Waals surface area (Å²) in [6.07, 6.45) is 2.05. The normalized spacial score (nSPS) is 16.8. The van der Waals surface area contributed by atoms with E-state index in [1.54, 1.807) is 27.7 Å². The summed E-state index contributed by atoms with van der Waals surface area (Å²) in [5.74, 6) is -2.63. The van der Waals surface area contributed by atoms with Crippen molar-refractivity contribution in [3.8, 4) is 11.5 Å². The monoisotopic (exact) mass is 565 g/mol. The topological polar surface area (TPSA) is 147 Å². The largest absolute Gasteiger partial charge is 0.514 e. The van der Waals surface area contributed by atoms with Gasteiger partial charge in [0.25, 0.3) is 5.72 Å². The van der Waals surface area contributed by atoms with Crippen LogP contribution in [0.2, 0.25) is 0 Å². The van der Waals surface area contributed by atoms with E-state index in [2.05, 4.69) is 5.32 Å². The molecule has 11 heteroatoms. The third kappa shape index (κ3) is 10.0. The van der Waals surface area contributed by atoms with Gasteiger partial charge in [-0.25, -0.2) is 14.4 Å². The van der Waals surface area contributed by atoms with Crippen LogP contribution >= 0.6 is 0 Å². The molecule has 0 aromatic heterocycles. The quantitative estimate of drug-likeness (QED) is 0.130. The maximum atomic E-state index is 13.0. The highest BCUT2D eigenvalue weighted by molar-refractivity contribution is 5.83. The second-order valence-corrected chi connectivity index (χ2v) is 10.5. The van der Waals surface area contributed by atoms with Crippen LogP contribution in [-0.4, -0.2) is 53.3 Å². The first-order chi connectivity index (χ1) is 18.9. The molecule has 1 aromatic carbocycles. The van der Waals surface area contributed by atoms with Gasteiger partial charge in [0.1, 0.15) is 12.2 Å². The van der Waals surface area contributed by atoms with Crippen molar-refractivity contribution in [3.05, 3.63) is 23.8 Å². The van der Waals surface area contributed by atoms with Crippen molar-refractivity contribution in [2.75, 3.05) is 0 Å². The van der Waals surface area contributed by atoms with Crippen LogP contribution in [0, 0.1) is 5.92 Å². The van der Waals surface area contributed by atoms with Gasteiger partial charge in [-0.05, 0) is 71.1 Å². The maximum Gasteiger partial charge on any atom is 0.514 e. The highest BCUT2D eigenvalue weighted by Gasteiger charge is 2.45. The summed E-state index contributed by atoms with van der Waals surface area (Å²) >= 11 is 0. The molecule has 0 bridgehead atoms. The number of benzene rings is 1. The van der Waals surface area contributed by atoms with Crippen molar-refractivity contribution in [1.29, 1.82) is 0 Å². The summed E-state index contributed by atoms with van der Waals surface area (Å²) in [4.78, 5) is 50.3. The first-order valence-corrected chi connectivity index (χ1v) is 14.0. The Balaban J connectivity index is 2.41. The number of hydrogen-bond donors (Lipinski definition) is 2. The molecule has 1 aromatic rings. The summed E-state index contributed by atoms with van der Waals surface area (Å²) in [6.45, 7) is 10.6. The third-order valence-corrected chi connectivity index (χ3v) is 6.67. The molecule has 11 nitrogen and oxygen atoms in total. The van der Waals surface area contributed by atoms with E-state index in [1.165, 1.54) is 18.2 Å². The number of hydrogen-bond acceptors (Lipinski definition) is 10. The lowest BCUT2D eigenvalue weighted by Crippen LogP contribution is -2.59. The average Bonchev–Trinajstić information content (AvgIpc) is 2.89. The van der Waals surface area contributed by atoms with Crippen LogP contribution in [0.25, 0.3) is 0 Å². The number of aliphatic carboxylic acids is 1. The lowest BCUT2D eigenvalue weighted by Gasteiger charge is -2.34. The van der Waals surface area contributed by atoms with Crippen molar-refractivity contribution in [3.63, 3.8) is 0 Å². The Bertz CT molecular complexity index is 1020. The Labute approximate surface area is 235 Å². The molecule has 2 unspecified atom stereocenters. The van der Waals surface area contributed by atoms with Crippen LogP contribution in [0.15, 0.2) is 18.2 Å². The van der Waals surface area contributed by atoms with Crippen LogP contribution < -0.4 is 14.8 Å². The molecule has 0 spiro atoms. The van der Waals surface area contributed by atoms with Gasteiger partial charge in [0.05, 0.1) is 5.92 Å². The molecule has 3 atom stereocenters. The fourth-order valence-electron chi connectivity index (χ4n) is 4.19. The Hall–Kier alpha value is -3.34. The minimum Gasteiger partial charge on any atom is -0.477 e. The summed E-state index contributed by atoms with van der Waals surface area (Å²) < 4.78 is 26.7. The Morgan fingerprint density at radius 2 is 1.45 bits per heavy atom. The van der Waals surface area contributed by atoms with E-state index in [4.69, 9.17) is 23.7 Å². The van der Waals surface area contributed by atoms with Crippen LogP contribution in [-0.2, 0) is 30.2 Å². The molecule has 40 heavy (non-hydrogen) atoms. The number of carboxylic acid groups (broad SMARTS) is 1. The van der Waals surface area contributed by atoms with Crippen LogP contribution in [0.3, 0.4) is 0 Å². The number of carbonyl (C=O) groups is 4. The van der Waals surface area contributed by atoms with Crippen LogP contribution in [0.5, 0.6) is 11.5 Å². The zero-order valence-corrected chi connectivity index (χ0v) is 24.3.